The molecule has 8 heteroatoms. The van der Waals surface area contributed by atoms with Crippen LogP contribution in [0.25, 0.3) is 10.8 Å². The Morgan fingerprint density at radius 3 is 2.52 bits per heavy atom. The quantitative estimate of drug-likeness (QED) is 0.761. The van der Waals surface area contributed by atoms with Gasteiger partial charge in [-0.2, -0.15) is 0 Å². The number of piperidine rings is 1. The first-order valence-corrected chi connectivity index (χ1v) is 10.7. The predicted octanol–water partition coefficient (Wildman–Crippen LogP) is 2.97. The number of hydrogen-bond donors (Lipinski definition) is 2. The van der Waals surface area contributed by atoms with Crippen LogP contribution in [0.2, 0.25) is 0 Å². The zero-order chi connectivity index (χ0) is 22.6. The van der Waals surface area contributed by atoms with Gasteiger partial charge in [0.2, 0.25) is 5.91 Å². The van der Waals surface area contributed by atoms with Gasteiger partial charge in [-0.3, -0.25) is 9.59 Å². The summed E-state index contributed by atoms with van der Waals surface area (Å²) in [5.74, 6) is 0.0817. The van der Waals surface area contributed by atoms with E-state index in [-0.39, 0.29) is 36.6 Å². The fourth-order valence-corrected chi connectivity index (χ4v) is 3.82. The van der Waals surface area contributed by atoms with Crippen LogP contribution in [0.1, 0.15) is 40.0 Å². The van der Waals surface area contributed by atoms with Crippen molar-refractivity contribution >= 4 is 28.5 Å². The van der Waals surface area contributed by atoms with E-state index in [0.717, 1.165) is 12.8 Å². The van der Waals surface area contributed by atoms with E-state index in [4.69, 9.17) is 9.84 Å². The van der Waals surface area contributed by atoms with E-state index in [1.54, 1.807) is 35.4 Å². The maximum atomic E-state index is 12.6. The minimum Gasteiger partial charge on any atom is -0.444 e. The van der Waals surface area contributed by atoms with Crippen molar-refractivity contribution in [3.8, 4) is 0 Å². The van der Waals surface area contributed by atoms with Crippen molar-refractivity contribution in [3.05, 3.63) is 40.8 Å². The fraction of sp³-hybridized carbons (Fsp3) is 0.522. The Labute approximate surface area is 181 Å². The minimum absolute atomic E-state index is 0.109. The molecule has 3 rings (SSSR count). The monoisotopic (exact) mass is 429 g/mol. The molecular formula is C23H31N3O5. The van der Waals surface area contributed by atoms with E-state index in [9.17, 15) is 14.4 Å². The van der Waals surface area contributed by atoms with Crippen molar-refractivity contribution in [3.63, 3.8) is 0 Å². The third-order valence-corrected chi connectivity index (χ3v) is 5.37. The molecule has 1 fully saturated rings. The molecule has 1 aromatic carbocycles. The van der Waals surface area contributed by atoms with E-state index < -0.39 is 5.60 Å². The van der Waals surface area contributed by atoms with Crippen molar-refractivity contribution in [1.29, 1.82) is 0 Å². The molecule has 2 amide bonds. The Balaban J connectivity index is 1.59. The van der Waals surface area contributed by atoms with Crippen molar-refractivity contribution in [2.75, 3.05) is 25.0 Å². The summed E-state index contributed by atoms with van der Waals surface area (Å²) in [7, 11) is 0. The number of likely N-dealkylation sites (tertiary alicyclic amines) is 1. The first-order chi connectivity index (χ1) is 14.7. The molecule has 0 aliphatic carbocycles. The number of aliphatic hydroxyl groups excluding tert-OH is 1. The van der Waals surface area contributed by atoms with Crippen LogP contribution >= 0.6 is 0 Å². The molecule has 2 N–H and O–H groups in total. The fourth-order valence-electron chi connectivity index (χ4n) is 3.82. The van der Waals surface area contributed by atoms with Crippen LogP contribution in [0.4, 0.5) is 10.5 Å². The number of ether oxygens (including phenoxy) is 1. The smallest absolute Gasteiger partial charge is 0.410 e. The van der Waals surface area contributed by atoms with Gasteiger partial charge in [0.1, 0.15) is 5.60 Å². The predicted molar refractivity (Wildman–Crippen MR) is 119 cm³/mol. The van der Waals surface area contributed by atoms with Crippen molar-refractivity contribution < 1.29 is 19.4 Å². The summed E-state index contributed by atoms with van der Waals surface area (Å²) >= 11 is 0. The molecule has 31 heavy (non-hydrogen) atoms. The molecule has 0 bridgehead atoms. The second-order valence-corrected chi connectivity index (χ2v) is 8.97. The molecule has 1 aliphatic rings. The van der Waals surface area contributed by atoms with Gasteiger partial charge in [0, 0.05) is 48.7 Å². The first kappa shape index (κ1) is 22.8. The van der Waals surface area contributed by atoms with Crippen LogP contribution in [0.3, 0.4) is 0 Å². The van der Waals surface area contributed by atoms with Crippen LogP contribution < -0.4 is 10.9 Å². The zero-order valence-corrected chi connectivity index (χ0v) is 18.4. The van der Waals surface area contributed by atoms with Crippen LogP contribution in [0.15, 0.2) is 35.3 Å². The lowest BCUT2D eigenvalue weighted by atomic mass is 9.93. The van der Waals surface area contributed by atoms with Gasteiger partial charge in [-0.15, -0.1) is 0 Å². The van der Waals surface area contributed by atoms with E-state index >= 15 is 0 Å². The summed E-state index contributed by atoms with van der Waals surface area (Å²) < 4.78 is 6.86. The molecule has 1 saturated heterocycles. The second kappa shape index (κ2) is 9.51. The van der Waals surface area contributed by atoms with Gasteiger partial charge in [0.15, 0.2) is 0 Å². The number of benzene rings is 1. The summed E-state index contributed by atoms with van der Waals surface area (Å²) in [6.45, 7) is 6.80. The van der Waals surface area contributed by atoms with E-state index in [0.29, 0.717) is 36.0 Å². The summed E-state index contributed by atoms with van der Waals surface area (Å²) in [5.41, 5.74) is -0.118. The number of aliphatic hydroxyl groups is 1. The Hall–Kier alpha value is -2.87. The SMILES string of the molecule is CC(C)(C)OC(=O)N1CCC(CC(=O)Nc2cccc3c(=O)n(CCO)ccc23)CC1. The molecule has 168 valence electrons. The molecule has 0 spiro atoms. The van der Waals surface area contributed by atoms with E-state index in [2.05, 4.69) is 5.32 Å². The maximum absolute atomic E-state index is 12.6. The highest BCUT2D eigenvalue weighted by Gasteiger charge is 2.27. The zero-order valence-electron chi connectivity index (χ0n) is 18.4. The average Bonchev–Trinajstić information content (AvgIpc) is 2.70. The van der Waals surface area contributed by atoms with E-state index in [1.165, 1.54) is 4.57 Å². The lowest BCUT2D eigenvalue weighted by Crippen LogP contribution is -2.42. The summed E-state index contributed by atoms with van der Waals surface area (Å²) in [4.78, 5) is 39.1. The third-order valence-electron chi connectivity index (χ3n) is 5.37. The molecule has 0 atom stereocenters. The maximum Gasteiger partial charge on any atom is 0.410 e. The molecule has 2 aromatic rings. The number of carbonyl (C=O) groups is 2. The molecule has 0 radical (unpaired) electrons. The van der Waals surface area contributed by atoms with Crippen molar-refractivity contribution in [2.45, 2.75) is 52.2 Å². The number of pyridine rings is 1. The molecule has 0 saturated carbocycles. The lowest BCUT2D eigenvalue weighted by Gasteiger charge is -2.33. The number of hydrogen-bond acceptors (Lipinski definition) is 5. The molecule has 1 aromatic heterocycles. The van der Waals surface area contributed by atoms with Gasteiger partial charge in [-0.1, -0.05) is 6.07 Å². The molecule has 0 unspecified atom stereocenters. The van der Waals surface area contributed by atoms with Gasteiger partial charge in [0.05, 0.1) is 6.61 Å². The summed E-state index contributed by atoms with van der Waals surface area (Å²) in [6.07, 6.45) is 3.17. The number of carbonyl (C=O) groups excluding carboxylic acids is 2. The van der Waals surface area contributed by atoms with Crippen molar-refractivity contribution in [1.82, 2.24) is 9.47 Å². The average molecular weight is 430 g/mol. The summed E-state index contributed by atoms with van der Waals surface area (Å²) in [6, 6.07) is 7.01. The van der Waals surface area contributed by atoms with Crippen LogP contribution in [-0.2, 0) is 16.1 Å². The normalized spacial score (nSPS) is 15.2. The van der Waals surface area contributed by atoms with Crippen LogP contribution in [0.5, 0.6) is 0 Å². The lowest BCUT2D eigenvalue weighted by molar-refractivity contribution is -0.117. The number of nitrogens with zero attached hydrogens (tertiary/aromatic N) is 2. The Morgan fingerprint density at radius 1 is 1.16 bits per heavy atom. The highest BCUT2D eigenvalue weighted by atomic mass is 16.6. The third kappa shape index (κ3) is 5.85. The summed E-state index contributed by atoms with van der Waals surface area (Å²) in [5, 5.41) is 13.2. The molecular weight excluding hydrogens is 398 g/mol. The van der Waals surface area contributed by atoms with Gasteiger partial charge in [0.25, 0.3) is 5.56 Å². The number of fused-ring (bicyclic) bond motifs is 1. The van der Waals surface area contributed by atoms with Crippen LogP contribution in [-0.4, -0.2) is 51.9 Å². The molecule has 2 heterocycles. The molecule has 8 nitrogen and oxygen atoms in total. The van der Waals surface area contributed by atoms with Gasteiger partial charge >= 0.3 is 6.09 Å². The largest absolute Gasteiger partial charge is 0.444 e. The Bertz CT molecular complexity index is 1000. The number of amides is 2. The highest BCUT2D eigenvalue weighted by molar-refractivity contribution is 6.01. The minimum atomic E-state index is -0.520. The first-order valence-electron chi connectivity index (χ1n) is 10.7. The van der Waals surface area contributed by atoms with Gasteiger partial charge in [-0.05, 0) is 57.7 Å². The van der Waals surface area contributed by atoms with Gasteiger partial charge in [-0.25, -0.2) is 4.79 Å². The van der Waals surface area contributed by atoms with Gasteiger partial charge < -0.3 is 24.6 Å². The Morgan fingerprint density at radius 2 is 1.87 bits per heavy atom. The highest BCUT2D eigenvalue weighted by Crippen LogP contribution is 2.25. The number of nitrogens with one attached hydrogen (secondary N) is 1. The molecule has 1 aliphatic heterocycles. The number of anilines is 1. The van der Waals surface area contributed by atoms with Crippen LogP contribution in [0, 0.1) is 5.92 Å². The topological polar surface area (TPSA) is 101 Å². The Kier molecular flexibility index (Phi) is 7.00. The number of aromatic nitrogens is 1. The van der Waals surface area contributed by atoms with Crippen molar-refractivity contribution in [2.24, 2.45) is 5.92 Å². The number of rotatable bonds is 5. The standard InChI is InChI=1S/C23H31N3O5/c1-23(2,3)31-22(30)26-10-7-16(8-11-26)15-20(28)24-19-6-4-5-18-17(19)9-12-25(13-14-27)21(18)29/h4-6,9,12,16,27H,7-8,10-11,13-15H2,1-3H3,(H,24,28). The second-order valence-electron chi connectivity index (χ2n) is 8.97. The van der Waals surface area contributed by atoms with E-state index in [1.807, 2.05) is 20.8 Å².